The quantitative estimate of drug-likeness (QED) is 0.623. The number of hydrogen-bond donors (Lipinski definition) is 1. The monoisotopic (exact) mass is 299 g/mol. The molecule has 2 heteroatoms. The molecule has 3 aromatic rings. The third-order valence-corrected chi connectivity index (χ3v) is 4.05. The summed E-state index contributed by atoms with van der Waals surface area (Å²) in [7, 11) is 0. The highest BCUT2D eigenvalue weighted by atomic mass is 35.5. The minimum absolute atomic E-state index is 0. The van der Waals surface area contributed by atoms with Gasteiger partial charge >= 0.3 is 0 Å². The first-order valence-corrected chi connectivity index (χ1v) is 7.47. The van der Waals surface area contributed by atoms with Crippen molar-refractivity contribution >= 4 is 34.0 Å². The van der Waals surface area contributed by atoms with Gasteiger partial charge in [-0.1, -0.05) is 68.3 Å². The second-order valence-corrected chi connectivity index (χ2v) is 5.48. The molecular weight excluding hydrogens is 278 g/mol. The molecule has 2 N–H and O–H groups in total. The summed E-state index contributed by atoms with van der Waals surface area (Å²) < 4.78 is 0. The molecule has 0 radical (unpaired) electrons. The number of rotatable bonds is 4. The van der Waals surface area contributed by atoms with Crippen molar-refractivity contribution in [1.29, 1.82) is 0 Å². The summed E-state index contributed by atoms with van der Waals surface area (Å²) in [6.07, 6.45) is 3.42. The lowest BCUT2D eigenvalue weighted by atomic mass is 9.90. The minimum Gasteiger partial charge on any atom is -0.324 e. The summed E-state index contributed by atoms with van der Waals surface area (Å²) in [5.74, 6) is 0. The second kappa shape index (κ2) is 6.93. The van der Waals surface area contributed by atoms with E-state index in [0.29, 0.717) is 0 Å². The SMILES string of the molecule is CCCC[C@@H](N)c1c2ccccc2cc2ccccc12.Cl. The summed E-state index contributed by atoms with van der Waals surface area (Å²) in [6, 6.07) is 19.5. The molecule has 0 aliphatic rings. The van der Waals surface area contributed by atoms with Gasteiger partial charge < -0.3 is 5.73 Å². The summed E-state index contributed by atoms with van der Waals surface area (Å²) in [6.45, 7) is 2.22. The Morgan fingerprint density at radius 3 is 1.95 bits per heavy atom. The average molecular weight is 300 g/mol. The van der Waals surface area contributed by atoms with Crippen LogP contribution in [-0.2, 0) is 0 Å². The highest BCUT2D eigenvalue weighted by molar-refractivity contribution is 6.02. The molecule has 0 unspecified atom stereocenters. The zero-order chi connectivity index (χ0) is 13.9. The van der Waals surface area contributed by atoms with Crippen LogP contribution in [0.3, 0.4) is 0 Å². The van der Waals surface area contributed by atoms with E-state index in [-0.39, 0.29) is 18.4 Å². The molecule has 0 aliphatic carbocycles. The van der Waals surface area contributed by atoms with Crippen LogP contribution in [0.4, 0.5) is 0 Å². The first-order chi connectivity index (χ1) is 9.81. The van der Waals surface area contributed by atoms with Gasteiger partial charge in [-0.3, -0.25) is 0 Å². The van der Waals surface area contributed by atoms with Gasteiger partial charge in [-0.05, 0) is 39.6 Å². The molecule has 0 aliphatic heterocycles. The summed E-state index contributed by atoms with van der Waals surface area (Å²) in [5, 5.41) is 5.17. The van der Waals surface area contributed by atoms with Crippen LogP contribution in [0.2, 0.25) is 0 Å². The van der Waals surface area contributed by atoms with Crippen LogP contribution in [0.5, 0.6) is 0 Å². The van der Waals surface area contributed by atoms with Crippen molar-refractivity contribution in [3.05, 3.63) is 60.2 Å². The van der Waals surface area contributed by atoms with Crippen LogP contribution in [0, 0.1) is 0 Å². The molecule has 0 amide bonds. The fourth-order valence-corrected chi connectivity index (χ4v) is 3.02. The largest absolute Gasteiger partial charge is 0.324 e. The first-order valence-electron chi connectivity index (χ1n) is 7.47. The van der Waals surface area contributed by atoms with Gasteiger partial charge in [-0.25, -0.2) is 0 Å². The molecule has 0 saturated carbocycles. The minimum atomic E-state index is 0. The molecule has 21 heavy (non-hydrogen) atoms. The fourth-order valence-electron chi connectivity index (χ4n) is 3.02. The number of benzene rings is 3. The lowest BCUT2D eigenvalue weighted by Gasteiger charge is -2.18. The molecule has 0 saturated heterocycles. The number of hydrogen-bond acceptors (Lipinski definition) is 1. The van der Waals surface area contributed by atoms with Gasteiger partial charge in [0.05, 0.1) is 0 Å². The van der Waals surface area contributed by atoms with Crippen LogP contribution in [0.25, 0.3) is 21.5 Å². The number of halogens is 1. The third kappa shape index (κ3) is 3.04. The van der Waals surface area contributed by atoms with E-state index in [0.717, 1.165) is 6.42 Å². The Hall–Kier alpha value is -1.57. The molecule has 1 atom stereocenters. The molecule has 0 fully saturated rings. The van der Waals surface area contributed by atoms with Gasteiger partial charge in [0.1, 0.15) is 0 Å². The Morgan fingerprint density at radius 1 is 0.905 bits per heavy atom. The summed E-state index contributed by atoms with van der Waals surface area (Å²) in [5.41, 5.74) is 7.83. The molecule has 0 heterocycles. The number of fused-ring (bicyclic) bond motifs is 2. The fraction of sp³-hybridized carbons (Fsp3) is 0.263. The van der Waals surface area contributed by atoms with Crippen LogP contribution in [0.15, 0.2) is 54.6 Å². The average Bonchev–Trinajstić information content (AvgIpc) is 2.50. The third-order valence-electron chi connectivity index (χ3n) is 4.05. The highest BCUT2D eigenvalue weighted by Crippen LogP contribution is 2.33. The lowest BCUT2D eigenvalue weighted by Crippen LogP contribution is -2.11. The van der Waals surface area contributed by atoms with Crippen molar-refractivity contribution < 1.29 is 0 Å². The summed E-state index contributed by atoms with van der Waals surface area (Å²) in [4.78, 5) is 0. The van der Waals surface area contributed by atoms with E-state index in [4.69, 9.17) is 5.73 Å². The molecule has 0 bridgehead atoms. The van der Waals surface area contributed by atoms with Crippen molar-refractivity contribution in [2.24, 2.45) is 5.73 Å². The number of unbranched alkanes of at least 4 members (excludes halogenated alkanes) is 1. The maximum Gasteiger partial charge on any atom is 0.0307 e. The van der Waals surface area contributed by atoms with Crippen molar-refractivity contribution in [1.82, 2.24) is 0 Å². The first kappa shape index (κ1) is 15.8. The standard InChI is InChI=1S/C19H21N.ClH/c1-2-3-12-18(20)19-16-10-6-4-8-14(16)13-15-9-5-7-11-17(15)19;/h4-11,13,18H,2-3,12,20H2,1H3;1H/t18-;/m1./s1. The van der Waals surface area contributed by atoms with E-state index in [1.54, 1.807) is 0 Å². The molecule has 0 spiro atoms. The normalized spacial score (nSPS) is 12.3. The molecule has 3 aromatic carbocycles. The van der Waals surface area contributed by atoms with Crippen molar-refractivity contribution in [3.63, 3.8) is 0 Å². The lowest BCUT2D eigenvalue weighted by molar-refractivity contribution is 0.610. The molecular formula is C19H22ClN. The van der Waals surface area contributed by atoms with Gasteiger partial charge in [0, 0.05) is 6.04 Å². The van der Waals surface area contributed by atoms with Gasteiger partial charge in [0.25, 0.3) is 0 Å². The zero-order valence-corrected chi connectivity index (χ0v) is 13.2. The Balaban J connectivity index is 0.00000161. The van der Waals surface area contributed by atoms with Gasteiger partial charge in [0.15, 0.2) is 0 Å². The van der Waals surface area contributed by atoms with Gasteiger partial charge in [-0.15, -0.1) is 12.4 Å². The Bertz CT molecular complexity index is 682. The smallest absolute Gasteiger partial charge is 0.0307 e. The van der Waals surface area contributed by atoms with Gasteiger partial charge in [-0.2, -0.15) is 0 Å². The van der Waals surface area contributed by atoms with E-state index in [1.807, 2.05) is 0 Å². The predicted octanol–water partition coefficient (Wildman–Crippen LogP) is 5.60. The Kier molecular flexibility index (Phi) is 5.22. The molecule has 0 aromatic heterocycles. The van der Waals surface area contributed by atoms with Crippen LogP contribution in [-0.4, -0.2) is 0 Å². The van der Waals surface area contributed by atoms with E-state index in [2.05, 4.69) is 61.5 Å². The number of nitrogens with two attached hydrogens (primary N) is 1. The van der Waals surface area contributed by atoms with Crippen LogP contribution < -0.4 is 5.73 Å². The van der Waals surface area contributed by atoms with Crippen LogP contribution in [0.1, 0.15) is 37.8 Å². The highest BCUT2D eigenvalue weighted by Gasteiger charge is 2.13. The molecule has 1 nitrogen and oxygen atoms in total. The topological polar surface area (TPSA) is 26.0 Å². The predicted molar refractivity (Wildman–Crippen MR) is 95.2 cm³/mol. The van der Waals surface area contributed by atoms with Crippen molar-refractivity contribution in [3.8, 4) is 0 Å². The molecule has 3 rings (SSSR count). The summed E-state index contributed by atoms with van der Waals surface area (Å²) >= 11 is 0. The molecule has 110 valence electrons. The Morgan fingerprint density at radius 2 is 1.43 bits per heavy atom. The zero-order valence-electron chi connectivity index (χ0n) is 12.4. The van der Waals surface area contributed by atoms with E-state index < -0.39 is 0 Å². The van der Waals surface area contributed by atoms with Crippen LogP contribution >= 0.6 is 12.4 Å². The van der Waals surface area contributed by atoms with E-state index >= 15 is 0 Å². The van der Waals surface area contributed by atoms with Crippen molar-refractivity contribution in [2.75, 3.05) is 0 Å². The second-order valence-electron chi connectivity index (χ2n) is 5.48. The maximum atomic E-state index is 6.51. The maximum absolute atomic E-state index is 6.51. The van der Waals surface area contributed by atoms with Crippen molar-refractivity contribution in [2.45, 2.75) is 32.2 Å². The van der Waals surface area contributed by atoms with E-state index in [9.17, 15) is 0 Å². The van der Waals surface area contributed by atoms with E-state index in [1.165, 1.54) is 39.9 Å². The Labute approximate surface area is 132 Å². The van der Waals surface area contributed by atoms with Gasteiger partial charge in [0.2, 0.25) is 0 Å².